The van der Waals surface area contributed by atoms with Crippen molar-refractivity contribution in [3.05, 3.63) is 46.2 Å². The third-order valence-electron chi connectivity index (χ3n) is 2.68. The van der Waals surface area contributed by atoms with Crippen molar-refractivity contribution >= 4 is 21.8 Å². The second-order valence-electron chi connectivity index (χ2n) is 4.51. The van der Waals surface area contributed by atoms with Gasteiger partial charge in [0.05, 0.1) is 17.4 Å². The molecule has 1 heterocycles. The van der Waals surface area contributed by atoms with Gasteiger partial charge in [-0.15, -0.1) is 0 Å². The van der Waals surface area contributed by atoms with E-state index in [9.17, 15) is 4.79 Å². The van der Waals surface area contributed by atoms with Gasteiger partial charge in [-0.05, 0) is 47.0 Å². The Hall–Kier alpha value is -1.66. The number of halogens is 1. The van der Waals surface area contributed by atoms with Crippen LogP contribution in [0.25, 0.3) is 5.69 Å². The molecular weight excluding hydrogens is 308 g/mol. The topological polar surface area (TPSA) is 86.9 Å². The zero-order chi connectivity index (χ0) is 14.0. The van der Waals surface area contributed by atoms with E-state index in [0.717, 1.165) is 22.1 Å². The van der Waals surface area contributed by atoms with Crippen molar-refractivity contribution in [2.24, 2.45) is 11.5 Å². The fraction of sp³-hybridized carbons (Fsp3) is 0.231. The molecule has 5 nitrogen and oxygen atoms in total. The normalized spacial score (nSPS) is 12.4. The standard InChI is InChI=1S/C13H15BrN4O/c1-8(15)4-9-2-3-12(11(14)5-9)18-7-10(6-17-18)13(16)19/h2-3,5-8H,4,15H2,1H3,(H2,16,19). The molecule has 1 aromatic carbocycles. The second kappa shape index (κ2) is 5.54. The molecule has 2 rings (SSSR count). The van der Waals surface area contributed by atoms with Crippen molar-refractivity contribution < 1.29 is 4.79 Å². The van der Waals surface area contributed by atoms with Gasteiger partial charge in [0.2, 0.25) is 0 Å². The number of nitrogens with zero attached hydrogens (tertiary/aromatic N) is 2. The van der Waals surface area contributed by atoms with Crippen LogP contribution >= 0.6 is 15.9 Å². The van der Waals surface area contributed by atoms with Crippen molar-refractivity contribution in [3.8, 4) is 5.69 Å². The van der Waals surface area contributed by atoms with Crippen LogP contribution in [-0.4, -0.2) is 21.7 Å². The molecule has 0 aliphatic rings. The van der Waals surface area contributed by atoms with Gasteiger partial charge in [-0.1, -0.05) is 6.07 Å². The number of rotatable bonds is 4. The lowest BCUT2D eigenvalue weighted by Crippen LogP contribution is -2.17. The number of hydrogen-bond acceptors (Lipinski definition) is 3. The fourth-order valence-electron chi connectivity index (χ4n) is 1.82. The Kier molecular flexibility index (Phi) is 4.01. The molecule has 1 unspecified atom stereocenters. The maximum atomic E-state index is 11.0. The summed E-state index contributed by atoms with van der Waals surface area (Å²) in [6.07, 6.45) is 3.86. The summed E-state index contributed by atoms with van der Waals surface area (Å²) in [5, 5.41) is 4.12. The SMILES string of the molecule is CC(N)Cc1ccc(-n2cc(C(N)=O)cn2)c(Br)c1. The second-order valence-corrected chi connectivity index (χ2v) is 5.36. The van der Waals surface area contributed by atoms with E-state index in [1.807, 2.05) is 25.1 Å². The van der Waals surface area contributed by atoms with Crippen LogP contribution in [0.3, 0.4) is 0 Å². The Balaban J connectivity index is 2.32. The van der Waals surface area contributed by atoms with Gasteiger partial charge in [-0.25, -0.2) is 4.68 Å². The van der Waals surface area contributed by atoms with E-state index in [-0.39, 0.29) is 6.04 Å². The van der Waals surface area contributed by atoms with Gasteiger partial charge >= 0.3 is 0 Å². The average Bonchev–Trinajstić information content (AvgIpc) is 2.77. The molecule has 0 aliphatic carbocycles. The summed E-state index contributed by atoms with van der Waals surface area (Å²) in [6.45, 7) is 1.97. The Labute approximate surface area is 119 Å². The lowest BCUT2D eigenvalue weighted by Gasteiger charge is -2.09. The molecule has 0 saturated carbocycles. The summed E-state index contributed by atoms with van der Waals surface area (Å²) in [6, 6.07) is 6.04. The van der Waals surface area contributed by atoms with E-state index in [2.05, 4.69) is 21.0 Å². The molecule has 19 heavy (non-hydrogen) atoms. The molecular formula is C13H15BrN4O. The monoisotopic (exact) mass is 322 g/mol. The Morgan fingerprint density at radius 1 is 1.53 bits per heavy atom. The summed E-state index contributed by atoms with van der Waals surface area (Å²) in [4.78, 5) is 11.0. The van der Waals surface area contributed by atoms with Crippen molar-refractivity contribution in [1.29, 1.82) is 0 Å². The number of hydrogen-bond donors (Lipinski definition) is 2. The van der Waals surface area contributed by atoms with Crippen molar-refractivity contribution in [3.63, 3.8) is 0 Å². The summed E-state index contributed by atoms with van der Waals surface area (Å²) < 4.78 is 2.50. The molecule has 0 radical (unpaired) electrons. The van der Waals surface area contributed by atoms with E-state index in [0.29, 0.717) is 5.56 Å². The number of primary amides is 1. The highest BCUT2D eigenvalue weighted by atomic mass is 79.9. The number of amides is 1. The Morgan fingerprint density at radius 2 is 2.26 bits per heavy atom. The van der Waals surface area contributed by atoms with Gasteiger partial charge in [0.15, 0.2) is 0 Å². The van der Waals surface area contributed by atoms with E-state index >= 15 is 0 Å². The maximum absolute atomic E-state index is 11.0. The van der Waals surface area contributed by atoms with Crippen LogP contribution in [0.5, 0.6) is 0 Å². The Morgan fingerprint density at radius 3 is 2.79 bits per heavy atom. The smallest absolute Gasteiger partial charge is 0.251 e. The van der Waals surface area contributed by atoms with Crippen LogP contribution in [0.2, 0.25) is 0 Å². The molecule has 0 fully saturated rings. The number of carbonyl (C=O) groups excluding carboxylic acids is 1. The molecule has 2 aromatic rings. The van der Waals surface area contributed by atoms with Gasteiger partial charge in [0.25, 0.3) is 5.91 Å². The number of carbonyl (C=O) groups is 1. The number of aromatic nitrogens is 2. The zero-order valence-corrected chi connectivity index (χ0v) is 12.1. The highest BCUT2D eigenvalue weighted by Gasteiger charge is 2.09. The average molecular weight is 323 g/mol. The van der Waals surface area contributed by atoms with Gasteiger partial charge in [0.1, 0.15) is 0 Å². The van der Waals surface area contributed by atoms with Crippen molar-refractivity contribution in [1.82, 2.24) is 9.78 Å². The van der Waals surface area contributed by atoms with Crippen LogP contribution in [0.1, 0.15) is 22.8 Å². The molecule has 0 aliphatic heterocycles. The first-order chi connectivity index (χ1) is 8.97. The van der Waals surface area contributed by atoms with Gasteiger partial charge < -0.3 is 11.5 Å². The molecule has 0 saturated heterocycles. The first-order valence-corrected chi connectivity index (χ1v) is 6.65. The molecule has 1 amide bonds. The molecule has 100 valence electrons. The minimum Gasteiger partial charge on any atom is -0.366 e. The third kappa shape index (κ3) is 3.21. The van der Waals surface area contributed by atoms with Gasteiger partial charge in [0, 0.05) is 16.7 Å². The van der Waals surface area contributed by atoms with Gasteiger partial charge in [-0.2, -0.15) is 5.10 Å². The quantitative estimate of drug-likeness (QED) is 0.896. The zero-order valence-electron chi connectivity index (χ0n) is 10.5. The van der Waals surface area contributed by atoms with Crippen LogP contribution in [0.4, 0.5) is 0 Å². The molecule has 1 aromatic heterocycles. The minimum atomic E-state index is -0.490. The molecule has 0 bridgehead atoms. The third-order valence-corrected chi connectivity index (χ3v) is 3.32. The van der Waals surface area contributed by atoms with E-state index in [1.165, 1.54) is 6.20 Å². The maximum Gasteiger partial charge on any atom is 0.251 e. The fourth-order valence-corrected chi connectivity index (χ4v) is 2.42. The predicted molar refractivity (Wildman–Crippen MR) is 77.1 cm³/mol. The highest BCUT2D eigenvalue weighted by molar-refractivity contribution is 9.10. The predicted octanol–water partition coefficient (Wildman–Crippen LogP) is 1.62. The summed E-state index contributed by atoms with van der Waals surface area (Å²) in [5.74, 6) is -0.490. The summed E-state index contributed by atoms with van der Waals surface area (Å²) in [7, 11) is 0. The van der Waals surface area contributed by atoms with E-state index in [1.54, 1.807) is 10.9 Å². The van der Waals surface area contributed by atoms with Crippen LogP contribution in [0.15, 0.2) is 35.1 Å². The van der Waals surface area contributed by atoms with Crippen LogP contribution < -0.4 is 11.5 Å². The first-order valence-electron chi connectivity index (χ1n) is 5.86. The largest absolute Gasteiger partial charge is 0.366 e. The number of benzene rings is 1. The first kappa shape index (κ1) is 13.8. The number of nitrogens with two attached hydrogens (primary N) is 2. The van der Waals surface area contributed by atoms with E-state index < -0.39 is 5.91 Å². The van der Waals surface area contributed by atoms with Crippen molar-refractivity contribution in [2.45, 2.75) is 19.4 Å². The lowest BCUT2D eigenvalue weighted by molar-refractivity contribution is 0.100. The highest BCUT2D eigenvalue weighted by Crippen LogP contribution is 2.23. The summed E-state index contributed by atoms with van der Waals surface area (Å²) >= 11 is 3.50. The van der Waals surface area contributed by atoms with Gasteiger partial charge in [-0.3, -0.25) is 4.79 Å². The lowest BCUT2D eigenvalue weighted by atomic mass is 10.1. The molecule has 0 spiro atoms. The van der Waals surface area contributed by atoms with Crippen LogP contribution in [0, 0.1) is 0 Å². The van der Waals surface area contributed by atoms with Crippen molar-refractivity contribution in [2.75, 3.05) is 0 Å². The van der Waals surface area contributed by atoms with E-state index in [4.69, 9.17) is 11.5 Å². The molecule has 4 N–H and O–H groups in total. The Bertz CT molecular complexity index is 606. The molecule has 6 heteroatoms. The van der Waals surface area contributed by atoms with Crippen LogP contribution in [-0.2, 0) is 6.42 Å². The molecule has 1 atom stereocenters. The summed E-state index contributed by atoms with van der Waals surface area (Å²) in [5.41, 5.74) is 13.4. The minimum absolute atomic E-state index is 0.115.